The van der Waals surface area contributed by atoms with Crippen LogP contribution in [0.3, 0.4) is 0 Å². The van der Waals surface area contributed by atoms with Gasteiger partial charge in [-0.25, -0.2) is 9.78 Å². The minimum atomic E-state index is -0.405. The quantitative estimate of drug-likeness (QED) is 0.858. The highest BCUT2D eigenvalue weighted by Gasteiger charge is 2.22. The zero-order valence-corrected chi connectivity index (χ0v) is 14.5. The Bertz CT molecular complexity index is 787. The van der Waals surface area contributed by atoms with Crippen molar-refractivity contribution in [3.05, 3.63) is 64.3 Å². The smallest absolute Gasteiger partial charge is 0.347 e. The van der Waals surface area contributed by atoms with Crippen LogP contribution in [0.4, 0.5) is 0 Å². The number of benzene rings is 1. The molecule has 0 radical (unpaired) electrons. The van der Waals surface area contributed by atoms with Crippen molar-refractivity contribution in [2.24, 2.45) is 0 Å². The Hall–Kier alpha value is -2.47. The fourth-order valence-corrected chi connectivity index (χ4v) is 3.31. The van der Waals surface area contributed by atoms with Crippen molar-refractivity contribution >= 4 is 5.91 Å². The number of rotatable bonds is 6. The largest absolute Gasteiger partial charge is 0.353 e. The van der Waals surface area contributed by atoms with Crippen molar-refractivity contribution in [3.8, 4) is 0 Å². The molecule has 1 aromatic heterocycles. The maximum atomic E-state index is 12.1. The lowest BCUT2D eigenvalue weighted by atomic mass is 9.98. The molecule has 3 rings (SSSR count). The molecule has 132 valence electrons. The van der Waals surface area contributed by atoms with Gasteiger partial charge < -0.3 is 5.32 Å². The monoisotopic (exact) mass is 340 g/mol. The van der Waals surface area contributed by atoms with E-state index in [1.54, 1.807) is 12.3 Å². The maximum absolute atomic E-state index is 12.1. The van der Waals surface area contributed by atoms with Crippen LogP contribution in [0.15, 0.2) is 47.5 Å². The highest BCUT2D eigenvalue weighted by atomic mass is 16.2. The molecule has 0 bridgehead atoms. The van der Waals surface area contributed by atoms with Crippen molar-refractivity contribution in [3.63, 3.8) is 0 Å². The van der Waals surface area contributed by atoms with Gasteiger partial charge in [0.2, 0.25) is 5.91 Å². The van der Waals surface area contributed by atoms with E-state index < -0.39 is 5.69 Å². The average molecular weight is 340 g/mol. The number of fused-ring (bicyclic) bond motifs is 1. The van der Waals surface area contributed by atoms with Crippen molar-refractivity contribution < 1.29 is 4.79 Å². The van der Waals surface area contributed by atoms with E-state index in [0.29, 0.717) is 12.6 Å². The molecule has 0 saturated heterocycles. The predicted octanol–water partition coefficient (Wildman–Crippen LogP) is 1.20. The molecule has 1 N–H and O–H groups in total. The van der Waals surface area contributed by atoms with Crippen LogP contribution in [0.25, 0.3) is 0 Å². The number of carbonyl (C=O) groups excluding carboxylic acids is 1. The molecular formula is C19H24N4O2. The molecule has 0 aliphatic carbocycles. The van der Waals surface area contributed by atoms with Gasteiger partial charge in [0.25, 0.3) is 0 Å². The van der Waals surface area contributed by atoms with Crippen LogP contribution in [-0.2, 0) is 24.3 Å². The number of nitrogens with zero attached hydrogens (tertiary/aromatic N) is 3. The Morgan fingerprint density at radius 3 is 2.84 bits per heavy atom. The summed E-state index contributed by atoms with van der Waals surface area (Å²) in [5.74, 6) is -0.161. The second-order valence-corrected chi connectivity index (χ2v) is 6.39. The Labute approximate surface area is 147 Å². The molecule has 2 aromatic rings. The van der Waals surface area contributed by atoms with E-state index in [4.69, 9.17) is 0 Å². The zero-order valence-electron chi connectivity index (χ0n) is 14.5. The summed E-state index contributed by atoms with van der Waals surface area (Å²) in [4.78, 5) is 29.8. The summed E-state index contributed by atoms with van der Waals surface area (Å²) in [6.45, 7) is 4.67. The zero-order chi connectivity index (χ0) is 17.6. The minimum absolute atomic E-state index is 0.00589. The fourth-order valence-electron chi connectivity index (χ4n) is 3.31. The second kappa shape index (κ2) is 8.07. The van der Waals surface area contributed by atoms with Gasteiger partial charge in [0.1, 0.15) is 6.54 Å². The van der Waals surface area contributed by atoms with Crippen LogP contribution in [-0.4, -0.2) is 39.5 Å². The SMILES string of the molecule is CCC(CNC(=O)Cn1cccnc1=O)N1CCc2ccccc2C1. The third-order valence-corrected chi connectivity index (χ3v) is 4.78. The number of hydrogen-bond donors (Lipinski definition) is 1. The Morgan fingerprint density at radius 1 is 1.28 bits per heavy atom. The van der Waals surface area contributed by atoms with E-state index in [1.807, 2.05) is 0 Å². The number of nitrogens with one attached hydrogen (secondary N) is 1. The molecule has 0 spiro atoms. The van der Waals surface area contributed by atoms with Crippen LogP contribution in [0.1, 0.15) is 24.5 Å². The lowest BCUT2D eigenvalue weighted by molar-refractivity contribution is -0.122. The topological polar surface area (TPSA) is 67.2 Å². The molecule has 0 fully saturated rings. The summed E-state index contributed by atoms with van der Waals surface area (Å²) in [7, 11) is 0. The van der Waals surface area contributed by atoms with Crippen LogP contribution in [0, 0.1) is 0 Å². The normalized spacial score (nSPS) is 15.4. The van der Waals surface area contributed by atoms with Crippen LogP contribution >= 0.6 is 0 Å². The van der Waals surface area contributed by atoms with Gasteiger partial charge in [-0.05, 0) is 30.0 Å². The molecule has 1 atom stereocenters. The Kier molecular flexibility index (Phi) is 5.60. The van der Waals surface area contributed by atoms with E-state index in [9.17, 15) is 9.59 Å². The van der Waals surface area contributed by atoms with Gasteiger partial charge in [-0.3, -0.25) is 14.3 Å². The highest BCUT2D eigenvalue weighted by Crippen LogP contribution is 2.21. The van der Waals surface area contributed by atoms with Crippen LogP contribution < -0.4 is 11.0 Å². The van der Waals surface area contributed by atoms with E-state index in [1.165, 1.54) is 21.9 Å². The summed E-state index contributed by atoms with van der Waals surface area (Å²) in [6.07, 6.45) is 5.02. The lowest BCUT2D eigenvalue weighted by Gasteiger charge is -2.35. The number of aromatic nitrogens is 2. The van der Waals surface area contributed by atoms with E-state index >= 15 is 0 Å². The van der Waals surface area contributed by atoms with Crippen molar-refractivity contribution in [1.82, 2.24) is 19.8 Å². The third kappa shape index (κ3) is 4.33. The van der Waals surface area contributed by atoms with E-state index in [0.717, 1.165) is 25.9 Å². The van der Waals surface area contributed by atoms with Crippen molar-refractivity contribution in [2.45, 2.75) is 38.9 Å². The number of amides is 1. The third-order valence-electron chi connectivity index (χ3n) is 4.78. The van der Waals surface area contributed by atoms with Gasteiger partial charge in [0, 0.05) is 38.1 Å². The molecule has 1 unspecified atom stereocenters. The van der Waals surface area contributed by atoms with E-state index in [-0.39, 0.29) is 12.5 Å². The molecule has 6 heteroatoms. The molecule has 6 nitrogen and oxygen atoms in total. The van der Waals surface area contributed by atoms with Crippen molar-refractivity contribution in [2.75, 3.05) is 13.1 Å². The molecule has 25 heavy (non-hydrogen) atoms. The molecule has 2 heterocycles. The molecule has 1 aliphatic rings. The summed E-state index contributed by atoms with van der Waals surface area (Å²) in [5, 5.41) is 2.96. The first-order chi connectivity index (χ1) is 12.2. The van der Waals surface area contributed by atoms with Gasteiger partial charge in [0.15, 0.2) is 0 Å². The molecule has 0 saturated carbocycles. The highest BCUT2D eigenvalue weighted by molar-refractivity contribution is 5.75. The second-order valence-electron chi connectivity index (χ2n) is 6.39. The standard InChI is InChI=1S/C19H24N4O2/c1-2-17(22-11-8-15-6-3-4-7-16(15)13-22)12-21-18(24)14-23-10-5-9-20-19(23)25/h3-7,9-10,17H,2,8,11-14H2,1H3,(H,21,24). The first kappa shape index (κ1) is 17.4. The molecule has 1 amide bonds. The minimum Gasteiger partial charge on any atom is -0.353 e. The van der Waals surface area contributed by atoms with E-state index in [2.05, 4.69) is 46.4 Å². The average Bonchev–Trinajstić information content (AvgIpc) is 2.64. The molecular weight excluding hydrogens is 316 g/mol. The van der Waals surface area contributed by atoms with Crippen molar-refractivity contribution in [1.29, 1.82) is 0 Å². The molecule has 1 aliphatic heterocycles. The summed E-state index contributed by atoms with van der Waals surface area (Å²) < 4.78 is 1.31. The van der Waals surface area contributed by atoms with Gasteiger partial charge in [-0.15, -0.1) is 0 Å². The van der Waals surface area contributed by atoms with Gasteiger partial charge >= 0.3 is 5.69 Å². The summed E-state index contributed by atoms with van der Waals surface area (Å²) in [5.41, 5.74) is 2.39. The number of carbonyl (C=O) groups is 1. The summed E-state index contributed by atoms with van der Waals surface area (Å²) in [6, 6.07) is 10.5. The van der Waals surface area contributed by atoms with Gasteiger partial charge in [-0.1, -0.05) is 31.2 Å². The predicted molar refractivity (Wildman–Crippen MR) is 96.1 cm³/mol. The lowest BCUT2D eigenvalue weighted by Crippen LogP contribution is -2.46. The van der Waals surface area contributed by atoms with Gasteiger partial charge in [0.05, 0.1) is 0 Å². The number of hydrogen-bond acceptors (Lipinski definition) is 4. The Morgan fingerprint density at radius 2 is 2.08 bits per heavy atom. The first-order valence-corrected chi connectivity index (χ1v) is 8.76. The van der Waals surface area contributed by atoms with Crippen LogP contribution in [0.5, 0.6) is 0 Å². The first-order valence-electron chi connectivity index (χ1n) is 8.76. The maximum Gasteiger partial charge on any atom is 0.347 e. The Balaban J connectivity index is 1.55. The molecule has 1 aromatic carbocycles. The fraction of sp³-hybridized carbons (Fsp3) is 0.421. The summed E-state index contributed by atoms with van der Waals surface area (Å²) >= 11 is 0. The van der Waals surface area contributed by atoms with Crippen LogP contribution in [0.2, 0.25) is 0 Å². The van der Waals surface area contributed by atoms with Gasteiger partial charge in [-0.2, -0.15) is 0 Å².